The zero-order chi connectivity index (χ0) is 10.7. The molecule has 0 atom stereocenters. The lowest BCUT2D eigenvalue weighted by Crippen LogP contribution is -1.91. The molecule has 2 aromatic rings. The predicted molar refractivity (Wildman–Crippen MR) is 59.2 cm³/mol. The van der Waals surface area contributed by atoms with Crippen LogP contribution in [0, 0.1) is 5.95 Å². The maximum atomic E-state index is 13.1. The zero-order valence-corrected chi connectivity index (χ0v) is 8.71. The van der Waals surface area contributed by atoms with Crippen molar-refractivity contribution in [3.63, 3.8) is 0 Å². The summed E-state index contributed by atoms with van der Waals surface area (Å²) in [4.78, 5) is 3.68. The third-order valence-electron chi connectivity index (χ3n) is 2.09. The fourth-order valence-electron chi connectivity index (χ4n) is 1.42. The van der Waals surface area contributed by atoms with Crippen LogP contribution in [0.4, 0.5) is 4.39 Å². The van der Waals surface area contributed by atoms with Crippen LogP contribution in [0.5, 0.6) is 0 Å². The Bertz CT molecular complexity index is 456. The van der Waals surface area contributed by atoms with Gasteiger partial charge in [-0.2, -0.15) is 4.39 Å². The van der Waals surface area contributed by atoms with E-state index in [1.807, 2.05) is 30.3 Å². The van der Waals surface area contributed by atoms with Crippen LogP contribution >= 0.6 is 11.6 Å². The van der Waals surface area contributed by atoms with Gasteiger partial charge in [-0.1, -0.05) is 30.3 Å². The second-order valence-corrected chi connectivity index (χ2v) is 3.44. The van der Waals surface area contributed by atoms with Crippen molar-refractivity contribution in [2.75, 3.05) is 0 Å². The van der Waals surface area contributed by atoms with Crippen LogP contribution in [-0.2, 0) is 5.88 Å². The molecule has 3 heteroatoms. The summed E-state index contributed by atoms with van der Waals surface area (Å²) in [6.07, 6.45) is 0. The van der Waals surface area contributed by atoms with Gasteiger partial charge in [-0.15, -0.1) is 11.6 Å². The number of alkyl halides is 1. The van der Waals surface area contributed by atoms with Crippen molar-refractivity contribution in [2.45, 2.75) is 5.88 Å². The maximum Gasteiger partial charge on any atom is 0.213 e. The average Bonchev–Trinajstić information content (AvgIpc) is 2.29. The molecular weight excluding hydrogens is 213 g/mol. The summed E-state index contributed by atoms with van der Waals surface area (Å²) in [5.74, 6) is -0.274. The lowest BCUT2D eigenvalue weighted by molar-refractivity contribution is 0.580. The highest BCUT2D eigenvalue weighted by molar-refractivity contribution is 6.16. The van der Waals surface area contributed by atoms with E-state index in [1.165, 1.54) is 6.07 Å². The van der Waals surface area contributed by atoms with Crippen molar-refractivity contribution < 1.29 is 4.39 Å². The van der Waals surface area contributed by atoms with E-state index < -0.39 is 5.95 Å². The zero-order valence-electron chi connectivity index (χ0n) is 7.95. The van der Waals surface area contributed by atoms with Crippen molar-refractivity contribution >= 4 is 11.6 Å². The smallest absolute Gasteiger partial charge is 0.213 e. The van der Waals surface area contributed by atoms with Crippen LogP contribution in [-0.4, -0.2) is 4.98 Å². The van der Waals surface area contributed by atoms with Gasteiger partial charge >= 0.3 is 0 Å². The van der Waals surface area contributed by atoms with Gasteiger partial charge in [0.25, 0.3) is 0 Å². The molecule has 0 aliphatic rings. The summed E-state index contributed by atoms with van der Waals surface area (Å²) in [6, 6.07) is 12.8. The minimum atomic E-state index is -0.494. The van der Waals surface area contributed by atoms with Gasteiger partial charge in [-0.05, 0) is 17.2 Å². The van der Waals surface area contributed by atoms with Gasteiger partial charge in [0, 0.05) is 6.07 Å². The fraction of sp³-hybridized carbons (Fsp3) is 0.0833. The number of aromatic nitrogens is 1. The van der Waals surface area contributed by atoms with E-state index >= 15 is 0 Å². The van der Waals surface area contributed by atoms with Gasteiger partial charge in [-0.25, -0.2) is 4.98 Å². The Hall–Kier alpha value is -1.41. The SMILES string of the molecule is Fc1cc(-c2ccccc2)cc(CCl)n1. The molecule has 0 amide bonds. The molecule has 76 valence electrons. The first-order chi connectivity index (χ1) is 7.29. The van der Waals surface area contributed by atoms with Gasteiger partial charge in [0.1, 0.15) is 0 Å². The minimum absolute atomic E-state index is 0.220. The average molecular weight is 222 g/mol. The lowest BCUT2D eigenvalue weighted by Gasteiger charge is -2.03. The van der Waals surface area contributed by atoms with E-state index in [0.717, 1.165) is 11.1 Å². The van der Waals surface area contributed by atoms with Gasteiger partial charge in [0.15, 0.2) is 0 Å². The highest BCUT2D eigenvalue weighted by Crippen LogP contribution is 2.20. The van der Waals surface area contributed by atoms with Crippen molar-refractivity contribution in [3.05, 3.63) is 54.1 Å². The largest absolute Gasteiger partial charge is 0.224 e. The Morgan fingerprint density at radius 3 is 2.47 bits per heavy atom. The van der Waals surface area contributed by atoms with Crippen LogP contribution in [0.15, 0.2) is 42.5 Å². The van der Waals surface area contributed by atoms with Crippen molar-refractivity contribution in [2.24, 2.45) is 0 Å². The first-order valence-electron chi connectivity index (χ1n) is 4.57. The summed E-state index contributed by atoms with van der Waals surface area (Å²) in [7, 11) is 0. The number of benzene rings is 1. The third kappa shape index (κ3) is 2.34. The molecule has 0 saturated carbocycles. The summed E-state index contributed by atoms with van der Waals surface area (Å²) in [5.41, 5.74) is 2.32. The Labute approximate surface area is 92.5 Å². The number of pyridine rings is 1. The molecule has 0 spiro atoms. The van der Waals surface area contributed by atoms with E-state index in [4.69, 9.17) is 11.6 Å². The number of rotatable bonds is 2. The molecule has 1 aromatic carbocycles. The molecule has 0 saturated heterocycles. The molecule has 0 N–H and O–H groups in total. The second-order valence-electron chi connectivity index (χ2n) is 3.17. The fourth-order valence-corrected chi connectivity index (χ4v) is 1.55. The standard InChI is InChI=1S/C12H9ClFN/c13-8-11-6-10(7-12(14)15-11)9-4-2-1-3-5-9/h1-7H,8H2. The molecule has 0 unspecified atom stereocenters. The normalized spacial score (nSPS) is 10.3. The van der Waals surface area contributed by atoms with Gasteiger partial charge in [0.2, 0.25) is 5.95 Å². The van der Waals surface area contributed by atoms with Crippen molar-refractivity contribution in [1.29, 1.82) is 0 Å². The summed E-state index contributed by atoms with van der Waals surface area (Å²) in [5, 5.41) is 0. The van der Waals surface area contributed by atoms with Crippen LogP contribution in [0.2, 0.25) is 0 Å². The van der Waals surface area contributed by atoms with Crippen LogP contribution in [0.1, 0.15) is 5.69 Å². The Kier molecular flexibility index (Phi) is 2.97. The van der Waals surface area contributed by atoms with Crippen LogP contribution in [0.3, 0.4) is 0 Å². The molecule has 0 bridgehead atoms. The van der Waals surface area contributed by atoms with Gasteiger partial charge in [-0.3, -0.25) is 0 Å². The molecule has 1 heterocycles. The Morgan fingerprint density at radius 2 is 1.80 bits per heavy atom. The van der Waals surface area contributed by atoms with E-state index in [0.29, 0.717) is 5.69 Å². The molecule has 15 heavy (non-hydrogen) atoms. The first kappa shape index (κ1) is 10.1. The Balaban J connectivity index is 2.49. The topological polar surface area (TPSA) is 12.9 Å². The van der Waals surface area contributed by atoms with E-state index in [-0.39, 0.29) is 5.88 Å². The monoisotopic (exact) mass is 221 g/mol. The summed E-state index contributed by atoms with van der Waals surface area (Å²) >= 11 is 5.63. The molecule has 0 aliphatic heterocycles. The summed E-state index contributed by atoms with van der Waals surface area (Å²) in [6.45, 7) is 0. The van der Waals surface area contributed by atoms with Crippen LogP contribution < -0.4 is 0 Å². The first-order valence-corrected chi connectivity index (χ1v) is 5.11. The predicted octanol–water partition coefficient (Wildman–Crippen LogP) is 3.63. The highest BCUT2D eigenvalue weighted by atomic mass is 35.5. The maximum absolute atomic E-state index is 13.1. The van der Waals surface area contributed by atoms with Crippen molar-refractivity contribution in [1.82, 2.24) is 4.98 Å². The van der Waals surface area contributed by atoms with Gasteiger partial charge in [0.05, 0.1) is 11.6 Å². The molecule has 1 nitrogen and oxygen atoms in total. The number of hydrogen-bond acceptors (Lipinski definition) is 1. The molecule has 1 aromatic heterocycles. The summed E-state index contributed by atoms with van der Waals surface area (Å²) < 4.78 is 13.1. The van der Waals surface area contributed by atoms with E-state index in [1.54, 1.807) is 6.07 Å². The molecule has 0 fully saturated rings. The van der Waals surface area contributed by atoms with E-state index in [2.05, 4.69) is 4.98 Å². The van der Waals surface area contributed by atoms with Gasteiger partial charge < -0.3 is 0 Å². The number of hydrogen-bond donors (Lipinski definition) is 0. The second kappa shape index (κ2) is 4.41. The van der Waals surface area contributed by atoms with Crippen LogP contribution in [0.25, 0.3) is 11.1 Å². The quantitative estimate of drug-likeness (QED) is 0.558. The van der Waals surface area contributed by atoms with E-state index in [9.17, 15) is 4.39 Å². The lowest BCUT2D eigenvalue weighted by atomic mass is 10.1. The Morgan fingerprint density at radius 1 is 1.07 bits per heavy atom. The molecule has 0 radical (unpaired) electrons. The highest BCUT2D eigenvalue weighted by Gasteiger charge is 2.03. The molecular formula is C12H9ClFN. The number of halogens is 2. The minimum Gasteiger partial charge on any atom is -0.224 e. The number of nitrogens with zero attached hydrogens (tertiary/aromatic N) is 1. The molecule has 2 rings (SSSR count). The molecule has 0 aliphatic carbocycles. The third-order valence-corrected chi connectivity index (χ3v) is 2.36. The van der Waals surface area contributed by atoms with Crippen molar-refractivity contribution in [3.8, 4) is 11.1 Å².